The number of pyridine rings is 1. The number of hydrogen-bond donors (Lipinski definition) is 2. The van der Waals surface area contributed by atoms with Gasteiger partial charge in [-0.15, -0.1) is 0 Å². The first-order chi connectivity index (χ1) is 9.54. The summed E-state index contributed by atoms with van der Waals surface area (Å²) in [6.07, 6.45) is 1.46. The van der Waals surface area contributed by atoms with Gasteiger partial charge in [0.1, 0.15) is 5.82 Å². The summed E-state index contributed by atoms with van der Waals surface area (Å²) >= 11 is 5.77. The van der Waals surface area contributed by atoms with E-state index >= 15 is 0 Å². The van der Waals surface area contributed by atoms with Crippen LogP contribution in [0.3, 0.4) is 0 Å². The molecule has 0 aliphatic heterocycles. The Morgan fingerprint density at radius 3 is 2.45 bits per heavy atom. The second-order valence-corrected chi connectivity index (χ2v) is 4.51. The van der Waals surface area contributed by atoms with Crippen LogP contribution in [0.4, 0.5) is 11.5 Å². The molecule has 0 bridgehead atoms. The summed E-state index contributed by atoms with van der Waals surface area (Å²) in [6.45, 7) is 1.38. The monoisotopic (exact) mass is 289 g/mol. The Morgan fingerprint density at radius 1 is 1.10 bits per heavy atom. The van der Waals surface area contributed by atoms with E-state index in [1.54, 1.807) is 30.3 Å². The first-order valence-corrected chi connectivity index (χ1v) is 6.23. The number of anilines is 2. The molecule has 20 heavy (non-hydrogen) atoms. The van der Waals surface area contributed by atoms with Crippen LogP contribution in [0, 0.1) is 0 Å². The SMILES string of the molecule is CC(=O)Nc1cc(C(=O)Nc2ccc(Cl)cc2)ccn1. The summed E-state index contributed by atoms with van der Waals surface area (Å²) in [7, 11) is 0. The Morgan fingerprint density at radius 2 is 1.80 bits per heavy atom. The number of hydrogen-bond acceptors (Lipinski definition) is 3. The molecular formula is C14H12ClN3O2. The number of rotatable bonds is 3. The molecule has 2 amide bonds. The van der Waals surface area contributed by atoms with Crippen LogP contribution >= 0.6 is 11.6 Å². The number of carbonyl (C=O) groups is 2. The average molecular weight is 290 g/mol. The second-order valence-electron chi connectivity index (χ2n) is 4.07. The third kappa shape index (κ3) is 3.80. The van der Waals surface area contributed by atoms with Crippen LogP contribution in [0.5, 0.6) is 0 Å². The van der Waals surface area contributed by atoms with Crippen LogP contribution in [0.1, 0.15) is 17.3 Å². The fourth-order valence-corrected chi connectivity index (χ4v) is 1.68. The van der Waals surface area contributed by atoms with E-state index in [2.05, 4.69) is 15.6 Å². The summed E-state index contributed by atoms with van der Waals surface area (Å²) in [5.41, 5.74) is 1.04. The van der Waals surface area contributed by atoms with E-state index < -0.39 is 0 Å². The molecule has 0 saturated carbocycles. The lowest BCUT2D eigenvalue weighted by molar-refractivity contribution is -0.114. The summed E-state index contributed by atoms with van der Waals surface area (Å²) < 4.78 is 0. The highest BCUT2D eigenvalue weighted by Crippen LogP contribution is 2.15. The first kappa shape index (κ1) is 14.0. The van der Waals surface area contributed by atoms with Crippen LogP contribution in [0.25, 0.3) is 0 Å². The molecule has 1 heterocycles. The summed E-state index contributed by atoms with van der Waals surface area (Å²) in [6, 6.07) is 9.86. The minimum atomic E-state index is -0.290. The zero-order valence-electron chi connectivity index (χ0n) is 10.7. The maximum Gasteiger partial charge on any atom is 0.255 e. The number of aromatic nitrogens is 1. The first-order valence-electron chi connectivity index (χ1n) is 5.85. The van der Waals surface area contributed by atoms with Gasteiger partial charge in [-0.25, -0.2) is 4.98 Å². The molecule has 1 aromatic carbocycles. The smallest absolute Gasteiger partial charge is 0.255 e. The van der Waals surface area contributed by atoms with E-state index in [-0.39, 0.29) is 11.8 Å². The lowest BCUT2D eigenvalue weighted by Crippen LogP contribution is -2.13. The van der Waals surface area contributed by atoms with E-state index in [4.69, 9.17) is 11.6 Å². The van der Waals surface area contributed by atoms with Crippen LogP contribution in [-0.4, -0.2) is 16.8 Å². The topological polar surface area (TPSA) is 71.1 Å². The van der Waals surface area contributed by atoms with Crippen molar-refractivity contribution in [1.82, 2.24) is 4.98 Å². The van der Waals surface area contributed by atoms with Crippen molar-refractivity contribution in [3.05, 3.63) is 53.2 Å². The summed E-state index contributed by atoms with van der Waals surface area (Å²) in [5.74, 6) is -0.199. The predicted molar refractivity (Wildman–Crippen MR) is 77.9 cm³/mol. The van der Waals surface area contributed by atoms with E-state index in [9.17, 15) is 9.59 Å². The van der Waals surface area contributed by atoms with Crippen molar-refractivity contribution in [3.63, 3.8) is 0 Å². The Kier molecular flexibility index (Phi) is 4.32. The third-order valence-corrected chi connectivity index (χ3v) is 2.68. The van der Waals surface area contributed by atoms with E-state index in [0.717, 1.165) is 0 Å². The van der Waals surface area contributed by atoms with Crippen LogP contribution in [0.15, 0.2) is 42.6 Å². The predicted octanol–water partition coefficient (Wildman–Crippen LogP) is 2.95. The molecule has 0 atom stereocenters. The number of halogens is 1. The van der Waals surface area contributed by atoms with Crippen LogP contribution in [0.2, 0.25) is 5.02 Å². The number of nitrogens with zero attached hydrogens (tertiary/aromatic N) is 1. The molecule has 1 aromatic heterocycles. The third-order valence-electron chi connectivity index (χ3n) is 2.43. The molecule has 102 valence electrons. The Bertz CT molecular complexity index is 641. The lowest BCUT2D eigenvalue weighted by Gasteiger charge is -2.07. The maximum atomic E-state index is 12.1. The highest BCUT2D eigenvalue weighted by atomic mass is 35.5. The Labute approximate surface area is 121 Å². The van der Waals surface area contributed by atoms with Crippen molar-refractivity contribution in [3.8, 4) is 0 Å². The van der Waals surface area contributed by atoms with Crippen molar-refractivity contribution < 1.29 is 9.59 Å². The van der Waals surface area contributed by atoms with E-state index in [1.807, 2.05) is 0 Å². The van der Waals surface area contributed by atoms with Crippen LogP contribution < -0.4 is 10.6 Å². The molecule has 0 spiro atoms. The molecule has 0 saturated heterocycles. The molecule has 0 radical (unpaired) electrons. The van der Waals surface area contributed by atoms with Crippen LogP contribution in [-0.2, 0) is 4.79 Å². The maximum absolute atomic E-state index is 12.1. The highest BCUT2D eigenvalue weighted by Gasteiger charge is 2.08. The van der Waals surface area contributed by atoms with Gasteiger partial charge < -0.3 is 10.6 Å². The Hall–Kier alpha value is -2.40. The molecule has 2 rings (SSSR count). The fraction of sp³-hybridized carbons (Fsp3) is 0.0714. The highest BCUT2D eigenvalue weighted by molar-refractivity contribution is 6.30. The molecule has 0 fully saturated rings. The zero-order chi connectivity index (χ0) is 14.5. The van der Waals surface area contributed by atoms with Gasteiger partial charge in [-0.1, -0.05) is 11.6 Å². The quantitative estimate of drug-likeness (QED) is 0.912. The summed E-state index contributed by atoms with van der Waals surface area (Å²) in [4.78, 5) is 27.0. The number of benzene rings is 1. The van der Waals surface area contributed by atoms with Gasteiger partial charge in [-0.05, 0) is 36.4 Å². The molecule has 0 aliphatic rings. The van der Waals surface area contributed by atoms with Gasteiger partial charge in [0.25, 0.3) is 5.91 Å². The van der Waals surface area contributed by atoms with Gasteiger partial charge >= 0.3 is 0 Å². The van der Waals surface area contributed by atoms with Gasteiger partial charge in [-0.3, -0.25) is 9.59 Å². The van der Waals surface area contributed by atoms with Crippen molar-refractivity contribution in [2.24, 2.45) is 0 Å². The van der Waals surface area contributed by atoms with Crippen molar-refractivity contribution in [2.75, 3.05) is 10.6 Å². The minimum Gasteiger partial charge on any atom is -0.322 e. The Balaban J connectivity index is 2.12. The van der Waals surface area contributed by atoms with Gasteiger partial charge in [0, 0.05) is 29.4 Å². The van der Waals surface area contributed by atoms with Crippen molar-refractivity contribution in [2.45, 2.75) is 6.92 Å². The molecule has 2 N–H and O–H groups in total. The van der Waals surface area contributed by atoms with Crippen molar-refractivity contribution >= 4 is 34.9 Å². The van der Waals surface area contributed by atoms with Gasteiger partial charge in [0.05, 0.1) is 0 Å². The van der Waals surface area contributed by atoms with Gasteiger partial charge in [-0.2, -0.15) is 0 Å². The molecular weight excluding hydrogens is 278 g/mol. The van der Waals surface area contributed by atoms with Gasteiger partial charge in [0.15, 0.2) is 0 Å². The van der Waals surface area contributed by atoms with E-state index in [1.165, 1.54) is 19.2 Å². The zero-order valence-corrected chi connectivity index (χ0v) is 11.4. The number of nitrogens with one attached hydrogen (secondary N) is 2. The largest absolute Gasteiger partial charge is 0.322 e. The minimum absolute atomic E-state index is 0.243. The fourth-order valence-electron chi connectivity index (χ4n) is 1.56. The number of carbonyl (C=O) groups excluding carboxylic acids is 2. The molecule has 2 aromatic rings. The second kappa shape index (κ2) is 6.16. The lowest BCUT2D eigenvalue weighted by atomic mass is 10.2. The molecule has 5 nitrogen and oxygen atoms in total. The summed E-state index contributed by atoms with van der Waals surface area (Å²) in [5, 5.41) is 5.85. The van der Waals surface area contributed by atoms with E-state index in [0.29, 0.717) is 22.1 Å². The molecule has 0 aliphatic carbocycles. The van der Waals surface area contributed by atoms with Crippen molar-refractivity contribution in [1.29, 1.82) is 0 Å². The average Bonchev–Trinajstić information content (AvgIpc) is 2.41. The normalized spacial score (nSPS) is 9.90. The molecule has 6 heteroatoms. The number of amides is 2. The molecule has 0 unspecified atom stereocenters. The van der Waals surface area contributed by atoms with Gasteiger partial charge in [0.2, 0.25) is 5.91 Å². The standard InChI is InChI=1S/C14H12ClN3O2/c1-9(19)17-13-8-10(6-7-16-13)14(20)18-12-4-2-11(15)3-5-12/h2-8H,1H3,(H,18,20)(H,16,17,19).